The molecule has 4 heteroatoms. The molecule has 0 aliphatic heterocycles. The van der Waals surface area contributed by atoms with E-state index in [0.29, 0.717) is 6.61 Å². The second-order valence-corrected chi connectivity index (χ2v) is 14.9. The van der Waals surface area contributed by atoms with Gasteiger partial charge in [0.15, 0.2) is 16.6 Å². The van der Waals surface area contributed by atoms with E-state index in [1.54, 1.807) is 0 Å². The lowest BCUT2D eigenvalue weighted by Crippen LogP contribution is -2.42. The summed E-state index contributed by atoms with van der Waals surface area (Å²) in [6.45, 7) is 11.8. The summed E-state index contributed by atoms with van der Waals surface area (Å²) in [5, 5.41) is 8.67. The first kappa shape index (κ1) is 15.4. The molecular weight excluding hydrogens is 220 g/mol. The molecule has 2 nitrogen and oxygen atoms in total. The van der Waals surface area contributed by atoms with Gasteiger partial charge in [0.05, 0.1) is 0 Å². The van der Waals surface area contributed by atoms with Crippen LogP contribution in [0.2, 0.25) is 38.8 Å². The maximum Gasteiger partial charge on any atom is 0.173 e. The molecule has 0 bridgehead atoms. The SMILES string of the molecule is C[Si](C)(C)O[Si](C)(C)CCCCCCO. The standard InChI is InChI=1S/C11H28O2Si2/c1-14(2,3)13-15(4,5)11-9-7-6-8-10-12/h12H,6-11H2,1-5H3. The summed E-state index contributed by atoms with van der Waals surface area (Å²) in [5.41, 5.74) is 0. The summed E-state index contributed by atoms with van der Waals surface area (Å²) < 4.78 is 6.26. The van der Waals surface area contributed by atoms with Crippen molar-refractivity contribution in [3.05, 3.63) is 0 Å². The lowest BCUT2D eigenvalue weighted by atomic mass is 10.2. The van der Waals surface area contributed by atoms with Crippen LogP contribution in [-0.2, 0) is 4.12 Å². The molecule has 92 valence electrons. The fourth-order valence-corrected chi connectivity index (χ4v) is 10.0. The Hall–Kier alpha value is 0.354. The average Bonchev–Trinajstić information content (AvgIpc) is 1.99. The summed E-state index contributed by atoms with van der Waals surface area (Å²) in [5.74, 6) is 0. The molecule has 0 aliphatic carbocycles. The van der Waals surface area contributed by atoms with Crippen LogP contribution in [0.3, 0.4) is 0 Å². The van der Waals surface area contributed by atoms with Gasteiger partial charge in [-0.3, -0.25) is 0 Å². The van der Waals surface area contributed by atoms with Crippen molar-refractivity contribution in [3.8, 4) is 0 Å². The smallest absolute Gasteiger partial charge is 0.173 e. The van der Waals surface area contributed by atoms with E-state index in [2.05, 4.69) is 32.7 Å². The third-order valence-corrected chi connectivity index (χ3v) is 8.49. The van der Waals surface area contributed by atoms with Crippen LogP contribution in [-0.4, -0.2) is 28.3 Å². The maximum absolute atomic E-state index is 8.67. The van der Waals surface area contributed by atoms with Crippen LogP contribution >= 0.6 is 0 Å². The van der Waals surface area contributed by atoms with E-state index in [9.17, 15) is 0 Å². The van der Waals surface area contributed by atoms with Crippen LogP contribution in [0.15, 0.2) is 0 Å². The summed E-state index contributed by atoms with van der Waals surface area (Å²) in [6.07, 6.45) is 4.63. The van der Waals surface area contributed by atoms with E-state index in [-0.39, 0.29) is 0 Å². The van der Waals surface area contributed by atoms with Crippen molar-refractivity contribution in [2.45, 2.75) is 64.5 Å². The molecule has 0 radical (unpaired) electrons. The number of unbranched alkanes of at least 4 members (excludes halogenated alkanes) is 3. The van der Waals surface area contributed by atoms with Crippen LogP contribution < -0.4 is 0 Å². The molecule has 0 aromatic carbocycles. The Bertz CT molecular complexity index is 164. The zero-order valence-corrected chi connectivity index (χ0v) is 13.1. The van der Waals surface area contributed by atoms with Gasteiger partial charge in [-0.25, -0.2) is 0 Å². The molecule has 1 N–H and O–H groups in total. The van der Waals surface area contributed by atoms with Gasteiger partial charge < -0.3 is 9.22 Å². The van der Waals surface area contributed by atoms with E-state index in [0.717, 1.165) is 12.8 Å². The van der Waals surface area contributed by atoms with Crippen molar-refractivity contribution in [1.29, 1.82) is 0 Å². The Morgan fingerprint density at radius 1 is 0.867 bits per heavy atom. The van der Waals surface area contributed by atoms with Crippen LogP contribution in [0.5, 0.6) is 0 Å². The van der Waals surface area contributed by atoms with Gasteiger partial charge in [-0.2, -0.15) is 0 Å². The van der Waals surface area contributed by atoms with Gasteiger partial charge in [0.1, 0.15) is 0 Å². The fourth-order valence-electron chi connectivity index (χ4n) is 1.90. The van der Waals surface area contributed by atoms with Gasteiger partial charge in [-0.1, -0.05) is 19.3 Å². The van der Waals surface area contributed by atoms with Crippen LogP contribution in [0, 0.1) is 0 Å². The van der Waals surface area contributed by atoms with Crippen LogP contribution in [0.1, 0.15) is 25.7 Å². The van der Waals surface area contributed by atoms with Crippen molar-refractivity contribution in [1.82, 2.24) is 0 Å². The summed E-state index contributed by atoms with van der Waals surface area (Å²) >= 11 is 0. The van der Waals surface area contributed by atoms with Gasteiger partial charge in [0, 0.05) is 6.61 Å². The lowest BCUT2D eigenvalue weighted by Gasteiger charge is -2.31. The third kappa shape index (κ3) is 10.6. The highest BCUT2D eigenvalue weighted by Crippen LogP contribution is 2.21. The molecule has 0 heterocycles. The first-order valence-electron chi connectivity index (χ1n) is 6.08. The van der Waals surface area contributed by atoms with E-state index in [1.165, 1.54) is 18.9 Å². The predicted molar refractivity (Wildman–Crippen MR) is 72.3 cm³/mol. The largest absolute Gasteiger partial charge is 0.456 e. The summed E-state index contributed by atoms with van der Waals surface area (Å²) in [4.78, 5) is 0. The second-order valence-electron chi connectivity index (χ2n) is 5.86. The first-order valence-corrected chi connectivity index (χ1v) is 12.6. The average molecular weight is 249 g/mol. The molecule has 0 aromatic rings. The molecule has 0 rings (SSSR count). The monoisotopic (exact) mass is 248 g/mol. The van der Waals surface area contributed by atoms with Crippen molar-refractivity contribution in [3.63, 3.8) is 0 Å². The molecule has 0 fully saturated rings. The Kier molecular flexibility index (Phi) is 6.99. The fraction of sp³-hybridized carbons (Fsp3) is 1.00. The summed E-state index contributed by atoms with van der Waals surface area (Å²) in [7, 11) is -2.75. The van der Waals surface area contributed by atoms with Gasteiger partial charge in [0.25, 0.3) is 0 Å². The molecule has 0 unspecified atom stereocenters. The van der Waals surface area contributed by atoms with Gasteiger partial charge in [-0.05, 0) is 45.2 Å². The van der Waals surface area contributed by atoms with Gasteiger partial charge in [-0.15, -0.1) is 0 Å². The quantitative estimate of drug-likeness (QED) is 0.525. The molecule has 0 spiro atoms. The van der Waals surface area contributed by atoms with Crippen molar-refractivity contribution in [2.24, 2.45) is 0 Å². The summed E-state index contributed by atoms with van der Waals surface area (Å²) in [6, 6.07) is 1.27. The topological polar surface area (TPSA) is 29.5 Å². The van der Waals surface area contributed by atoms with Crippen molar-refractivity contribution < 1.29 is 9.22 Å². The molecule has 15 heavy (non-hydrogen) atoms. The van der Waals surface area contributed by atoms with E-state index in [4.69, 9.17) is 9.22 Å². The highest BCUT2D eigenvalue weighted by molar-refractivity contribution is 6.84. The predicted octanol–water partition coefficient (Wildman–Crippen LogP) is 3.60. The minimum absolute atomic E-state index is 0.340. The Morgan fingerprint density at radius 2 is 1.40 bits per heavy atom. The molecule has 0 atom stereocenters. The minimum atomic E-state index is -1.40. The molecule has 0 amide bonds. The highest BCUT2D eigenvalue weighted by Gasteiger charge is 2.28. The lowest BCUT2D eigenvalue weighted by molar-refractivity contribution is 0.283. The number of aliphatic hydroxyl groups excluding tert-OH is 1. The van der Waals surface area contributed by atoms with Gasteiger partial charge in [0.2, 0.25) is 0 Å². The normalized spacial score (nSPS) is 13.2. The zero-order chi connectivity index (χ0) is 11.9. The van der Waals surface area contributed by atoms with Crippen molar-refractivity contribution in [2.75, 3.05) is 6.61 Å². The Balaban J connectivity index is 3.65. The minimum Gasteiger partial charge on any atom is -0.456 e. The second kappa shape index (κ2) is 6.83. The first-order chi connectivity index (χ1) is 6.77. The number of rotatable bonds is 8. The molecule has 0 saturated carbocycles. The number of hydrogen-bond acceptors (Lipinski definition) is 2. The van der Waals surface area contributed by atoms with Gasteiger partial charge >= 0.3 is 0 Å². The maximum atomic E-state index is 8.67. The molecule has 0 aliphatic rings. The number of aliphatic hydroxyl groups is 1. The molecular formula is C11H28O2Si2. The highest BCUT2D eigenvalue weighted by atomic mass is 28.4. The third-order valence-electron chi connectivity index (χ3n) is 2.27. The van der Waals surface area contributed by atoms with Crippen LogP contribution in [0.25, 0.3) is 0 Å². The van der Waals surface area contributed by atoms with E-state index >= 15 is 0 Å². The van der Waals surface area contributed by atoms with Crippen LogP contribution in [0.4, 0.5) is 0 Å². The zero-order valence-electron chi connectivity index (χ0n) is 11.1. The molecule has 0 saturated heterocycles. The van der Waals surface area contributed by atoms with E-state index < -0.39 is 16.6 Å². The Labute approximate surface area is 97.3 Å². The molecule has 0 aromatic heterocycles. The number of hydrogen-bond donors (Lipinski definition) is 1. The van der Waals surface area contributed by atoms with Crippen molar-refractivity contribution >= 4 is 16.6 Å². The van der Waals surface area contributed by atoms with E-state index in [1.807, 2.05) is 0 Å². The Morgan fingerprint density at radius 3 is 1.87 bits per heavy atom.